The summed E-state index contributed by atoms with van der Waals surface area (Å²) in [5.41, 5.74) is 8.00. The van der Waals surface area contributed by atoms with Crippen molar-refractivity contribution >= 4 is 11.9 Å². The molecule has 0 saturated heterocycles. The Labute approximate surface area is 78.7 Å². The minimum absolute atomic E-state index is 0.905. The smallest absolute Gasteiger partial charge is 0.169 e. The average Bonchev–Trinajstić information content (AvgIpc) is 2.61. The molecule has 1 aromatic rings. The van der Waals surface area contributed by atoms with Gasteiger partial charge in [0.05, 0.1) is 0 Å². The van der Waals surface area contributed by atoms with Crippen LogP contribution in [-0.4, -0.2) is 17.3 Å². The number of benzene rings is 1. The summed E-state index contributed by atoms with van der Waals surface area (Å²) in [7, 11) is 0. The summed E-state index contributed by atoms with van der Waals surface area (Å²) in [5.74, 6) is 0. The van der Waals surface area contributed by atoms with Crippen molar-refractivity contribution in [2.45, 2.75) is 19.4 Å². The molecule has 2 nitrogen and oxygen atoms in total. The first-order chi connectivity index (χ1) is 6.36. The predicted molar refractivity (Wildman–Crippen MR) is 55.0 cm³/mol. The van der Waals surface area contributed by atoms with Gasteiger partial charge in [-0.05, 0) is 6.07 Å². The Balaban J connectivity index is 2.13. The highest BCUT2D eigenvalue weighted by Gasteiger charge is 2.12. The van der Waals surface area contributed by atoms with E-state index in [4.69, 9.17) is 5.73 Å². The van der Waals surface area contributed by atoms with Crippen LogP contribution in [0.15, 0.2) is 24.3 Å². The van der Waals surface area contributed by atoms with E-state index in [0.29, 0.717) is 0 Å². The number of para-hydroxylation sites is 1. The summed E-state index contributed by atoms with van der Waals surface area (Å²) in [4.78, 5) is 0. The third kappa shape index (κ3) is 1.89. The van der Waals surface area contributed by atoms with Crippen molar-refractivity contribution in [3.05, 3.63) is 29.8 Å². The summed E-state index contributed by atoms with van der Waals surface area (Å²) in [6.07, 6.45) is 4.77. The number of hydrogen-bond acceptors (Lipinski definition) is 1. The molecule has 2 heteroatoms. The van der Waals surface area contributed by atoms with E-state index in [9.17, 15) is 0 Å². The van der Waals surface area contributed by atoms with Crippen LogP contribution in [0.4, 0.5) is 5.69 Å². The molecule has 0 fully saturated rings. The van der Waals surface area contributed by atoms with Crippen molar-refractivity contribution in [2.24, 2.45) is 0 Å². The van der Waals surface area contributed by atoms with Gasteiger partial charge in [-0.15, -0.1) is 0 Å². The summed E-state index contributed by atoms with van der Waals surface area (Å²) < 4.78 is 2.34. The lowest BCUT2D eigenvalue weighted by Gasteiger charge is -2.02. The molecule has 1 aliphatic rings. The Hall–Kier alpha value is -1.31. The molecule has 1 aliphatic heterocycles. The lowest BCUT2D eigenvalue weighted by Crippen LogP contribution is -2.09. The van der Waals surface area contributed by atoms with Gasteiger partial charge in [0.15, 0.2) is 6.54 Å². The molecule has 0 bridgehead atoms. The topological polar surface area (TPSA) is 29.0 Å². The third-order valence-electron chi connectivity index (χ3n) is 2.47. The zero-order chi connectivity index (χ0) is 9.10. The van der Waals surface area contributed by atoms with Crippen LogP contribution < -0.4 is 5.73 Å². The minimum Gasteiger partial charge on any atom is -0.398 e. The van der Waals surface area contributed by atoms with Gasteiger partial charge in [0.25, 0.3) is 0 Å². The van der Waals surface area contributed by atoms with Gasteiger partial charge in [0.2, 0.25) is 0 Å². The van der Waals surface area contributed by atoms with E-state index in [0.717, 1.165) is 12.2 Å². The Bertz CT molecular complexity index is 329. The fourth-order valence-electron chi connectivity index (χ4n) is 1.70. The Morgan fingerprint density at radius 1 is 1.31 bits per heavy atom. The molecule has 0 atom stereocenters. The van der Waals surface area contributed by atoms with Crippen molar-refractivity contribution in [3.63, 3.8) is 0 Å². The molecule has 1 heterocycles. The normalized spacial score (nSPS) is 15.8. The van der Waals surface area contributed by atoms with E-state index in [-0.39, 0.29) is 0 Å². The average molecular weight is 175 g/mol. The first-order valence-electron chi connectivity index (χ1n) is 4.77. The van der Waals surface area contributed by atoms with Crippen molar-refractivity contribution in [1.29, 1.82) is 0 Å². The highest BCUT2D eigenvalue weighted by molar-refractivity contribution is 5.53. The molecule has 0 unspecified atom stereocenters. The van der Waals surface area contributed by atoms with E-state index >= 15 is 0 Å². The van der Waals surface area contributed by atoms with Crippen LogP contribution in [0.25, 0.3) is 0 Å². The largest absolute Gasteiger partial charge is 0.398 e. The van der Waals surface area contributed by atoms with Gasteiger partial charge in [-0.25, -0.2) is 4.58 Å². The third-order valence-corrected chi connectivity index (χ3v) is 2.47. The molecule has 1 aromatic carbocycles. The second kappa shape index (κ2) is 3.60. The maximum atomic E-state index is 5.86. The zero-order valence-electron chi connectivity index (χ0n) is 7.74. The molecule has 13 heavy (non-hydrogen) atoms. The summed E-state index contributed by atoms with van der Waals surface area (Å²) in [6.45, 7) is 2.14. The molecule has 0 spiro atoms. The number of rotatable bonds is 2. The van der Waals surface area contributed by atoms with Crippen LogP contribution in [-0.2, 0) is 6.54 Å². The van der Waals surface area contributed by atoms with Gasteiger partial charge >= 0.3 is 0 Å². The molecular weight excluding hydrogens is 160 g/mol. The van der Waals surface area contributed by atoms with Crippen LogP contribution in [0, 0.1) is 0 Å². The quantitative estimate of drug-likeness (QED) is 0.537. The zero-order valence-corrected chi connectivity index (χ0v) is 7.74. The van der Waals surface area contributed by atoms with Gasteiger partial charge in [-0.2, -0.15) is 0 Å². The van der Waals surface area contributed by atoms with Gasteiger partial charge < -0.3 is 5.73 Å². The van der Waals surface area contributed by atoms with E-state index in [1.807, 2.05) is 18.2 Å². The number of nitrogens with zero attached hydrogens (tertiary/aromatic N) is 1. The van der Waals surface area contributed by atoms with Gasteiger partial charge in [0, 0.05) is 24.1 Å². The number of hydrogen-bond donors (Lipinski definition) is 1. The SMILES string of the molecule is Nc1ccccc1C[N+]1=CCCC1. The van der Waals surface area contributed by atoms with E-state index in [1.165, 1.54) is 24.9 Å². The number of nitrogen functional groups attached to an aromatic ring is 1. The second-order valence-corrected chi connectivity index (χ2v) is 3.49. The fourth-order valence-corrected chi connectivity index (χ4v) is 1.70. The minimum atomic E-state index is 0.905. The first kappa shape index (κ1) is 8.30. The monoisotopic (exact) mass is 175 g/mol. The first-order valence-corrected chi connectivity index (χ1v) is 4.77. The van der Waals surface area contributed by atoms with Crippen molar-refractivity contribution < 1.29 is 4.58 Å². The molecule has 0 aliphatic carbocycles. The summed E-state index contributed by atoms with van der Waals surface area (Å²) in [6, 6.07) is 8.08. The lowest BCUT2D eigenvalue weighted by molar-refractivity contribution is -0.531. The van der Waals surface area contributed by atoms with Crippen LogP contribution in [0.1, 0.15) is 18.4 Å². The van der Waals surface area contributed by atoms with Gasteiger partial charge in [-0.1, -0.05) is 18.2 Å². The Kier molecular flexibility index (Phi) is 2.30. The molecular formula is C11H15N2+. The molecule has 2 rings (SSSR count). The van der Waals surface area contributed by atoms with Crippen molar-refractivity contribution in [2.75, 3.05) is 12.3 Å². The van der Waals surface area contributed by atoms with Crippen molar-refractivity contribution in [3.8, 4) is 0 Å². The molecule has 0 saturated carbocycles. The van der Waals surface area contributed by atoms with Crippen LogP contribution in [0.2, 0.25) is 0 Å². The summed E-state index contributed by atoms with van der Waals surface area (Å²) in [5, 5.41) is 0. The molecule has 2 N–H and O–H groups in total. The van der Waals surface area contributed by atoms with Crippen LogP contribution >= 0.6 is 0 Å². The Morgan fingerprint density at radius 2 is 2.15 bits per heavy atom. The molecule has 0 aromatic heterocycles. The standard InChI is InChI=1S/C11H15N2/c12-11-6-2-1-5-10(11)9-13-7-3-4-8-13/h1-2,5-7H,3-4,8-9,12H2/q+1. The highest BCUT2D eigenvalue weighted by Crippen LogP contribution is 2.12. The maximum absolute atomic E-state index is 5.86. The van der Waals surface area contributed by atoms with Crippen molar-refractivity contribution in [1.82, 2.24) is 0 Å². The van der Waals surface area contributed by atoms with E-state index in [1.54, 1.807) is 0 Å². The fraction of sp³-hybridized carbons (Fsp3) is 0.364. The highest BCUT2D eigenvalue weighted by atomic mass is 15.0. The maximum Gasteiger partial charge on any atom is 0.169 e. The van der Waals surface area contributed by atoms with Crippen LogP contribution in [0.5, 0.6) is 0 Å². The second-order valence-electron chi connectivity index (χ2n) is 3.49. The lowest BCUT2D eigenvalue weighted by atomic mass is 10.2. The Morgan fingerprint density at radius 3 is 2.85 bits per heavy atom. The molecule has 68 valence electrons. The van der Waals surface area contributed by atoms with Gasteiger partial charge in [0.1, 0.15) is 12.8 Å². The van der Waals surface area contributed by atoms with Gasteiger partial charge in [-0.3, -0.25) is 0 Å². The van der Waals surface area contributed by atoms with E-state index < -0.39 is 0 Å². The van der Waals surface area contributed by atoms with Crippen LogP contribution in [0.3, 0.4) is 0 Å². The number of anilines is 1. The molecule has 0 radical (unpaired) electrons. The predicted octanol–water partition coefficient (Wildman–Crippen LogP) is 1.65. The van der Waals surface area contributed by atoms with E-state index in [2.05, 4.69) is 16.9 Å². The summed E-state index contributed by atoms with van der Waals surface area (Å²) >= 11 is 0. The molecule has 0 amide bonds. The number of nitrogens with two attached hydrogens (primary N) is 1.